The fourth-order valence-corrected chi connectivity index (χ4v) is 3.77. The predicted octanol–water partition coefficient (Wildman–Crippen LogP) is 3.02. The lowest BCUT2D eigenvalue weighted by molar-refractivity contribution is 0.0130. The molecule has 0 saturated carbocycles. The van der Waals surface area contributed by atoms with E-state index in [-0.39, 0.29) is 17.8 Å². The molecule has 1 saturated heterocycles. The number of benzene rings is 1. The summed E-state index contributed by atoms with van der Waals surface area (Å²) in [7, 11) is 1.57. The Labute approximate surface area is 133 Å². The molecule has 0 aromatic heterocycles. The highest BCUT2D eigenvalue weighted by Gasteiger charge is 2.35. The smallest absolute Gasteiger partial charge is 0.162 e. The molecule has 1 aromatic rings. The summed E-state index contributed by atoms with van der Waals surface area (Å²) in [5, 5.41) is 20.2. The molecule has 124 valence electrons. The van der Waals surface area contributed by atoms with E-state index < -0.39 is 0 Å². The van der Waals surface area contributed by atoms with E-state index in [4.69, 9.17) is 4.74 Å². The Bertz CT molecular complexity index is 489. The third-order valence-electron chi connectivity index (χ3n) is 4.61. The number of nitrogens with zero attached hydrogens (tertiary/aromatic N) is 1. The van der Waals surface area contributed by atoms with Crippen molar-refractivity contribution in [3.63, 3.8) is 0 Å². The second-order valence-electron chi connectivity index (χ2n) is 7.04. The molecule has 1 aromatic carbocycles. The van der Waals surface area contributed by atoms with Crippen molar-refractivity contribution in [2.24, 2.45) is 11.3 Å². The minimum atomic E-state index is 0.000895. The molecule has 0 bridgehead atoms. The van der Waals surface area contributed by atoms with E-state index >= 15 is 0 Å². The first kappa shape index (κ1) is 17.1. The standard InChI is InChI=1S/C18H29NO3/c1-14(2)10-18(13-20)8-5-9-19(12-18)11-15-6-4-7-16(22-3)17(15)21/h4,6-7,14,20-21H,5,8-13H2,1-3H3/t18-/m0/s1. The van der Waals surface area contributed by atoms with Crippen molar-refractivity contribution in [1.29, 1.82) is 0 Å². The molecule has 1 aliphatic heterocycles. The van der Waals surface area contributed by atoms with E-state index in [9.17, 15) is 10.2 Å². The SMILES string of the molecule is COc1cccc(CN2CCC[C@](CO)(CC(C)C)C2)c1O. The fourth-order valence-electron chi connectivity index (χ4n) is 3.77. The topological polar surface area (TPSA) is 52.9 Å². The zero-order chi connectivity index (χ0) is 16.2. The van der Waals surface area contributed by atoms with E-state index in [0.717, 1.165) is 37.9 Å². The number of aliphatic hydroxyl groups is 1. The van der Waals surface area contributed by atoms with Crippen molar-refractivity contribution in [1.82, 2.24) is 4.90 Å². The number of ether oxygens (including phenoxy) is 1. The molecular formula is C18H29NO3. The van der Waals surface area contributed by atoms with Gasteiger partial charge in [-0.05, 0) is 37.8 Å². The average Bonchev–Trinajstić information content (AvgIpc) is 2.49. The number of rotatable bonds is 6. The van der Waals surface area contributed by atoms with E-state index in [2.05, 4.69) is 18.7 Å². The number of phenolic OH excluding ortho intramolecular Hbond substituents is 1. The van der Waals surface area contributed by atoms with Crippen LogP contribution in [0.2, 0.25) is 0 Å². The first-order valence-electron chi connectivity index (χ1n) is 8.18. The first-order valence-corrected chi connectivity index (χ1v) is 8.18. The summed E-state index contributed by atoms with van der Waals surface area (Å²) < 4.78 is 5.18. The highest BCUT2D eigenvalue weighted by molar-refractivity contribution is 5.45. The molecule has 2 N–H and O–H groups in total. The highest BCUT2D eigenvalue weighted by Crippen LogP contribution is 2.37. The zero-order valence-corrected chi connectivity index (χ0v) is 14.0. The van der Waals surface area contributed by atoms with E-state index in [1.807, 2.05) is 12.1 Å². The Balaban J connectivity index is 2.10. The van der Waals surface area contributed by atoms with Crippen LogP contribution in [0.3, 0.4) is 0 Å². The predicted molar refractivity (Wildman–Crippen MR) is 88.1 cm³/mol. The van der Waals surface area contributed by atoms with Crippen molar-refractivity contribution >= 4 is 0 Å². The molecule has 2 rings (SSSR count). The van der Waals surface area contributed by atoms with Gasteiger partial charge < -0.3 is 14.9 Å². The van der Waals surface area contributed by atoms with Crippen molar-refractivity contribution in [3.05, 3.63) is 23.8 Å². The minimum Gasteiger partial charge on any atom is -0.504 e. The van der Waals surface area contributed by atoms with Crippen molar-refractivity contribution in [2.45, 2.75) is 39.7 Å². The summed E-state index contributed by atoms with van der Waals surface area (Å²) in [6.45, 7) is 7.26. The number of aliphatic hydroxyl groups excluding tert-OH is 1. The number of hydrogen-bond acceptors (Lipinski definition) is 4. The molecule has 0 radical (unpaired) electrons. The van der Waals surface area contributed by atoms with Crippen molar-refractivity contribution in [3.8, 4) is 11.5 Å². The molecule has 22 heavy (non-hydrogen) atoms. The lowest BCUT2D eigenvalue weighted by atomic mass is 9.74. The molecule has 1 aliphatic rings. The van der Waals surface area contributed by atoms with Gasteiger partial charge in [0.25, 0.3) is 0 Å². The largest absolute Gasteiger partial charge is 0.504 e. The molecule has 1 atom stereocenters. The Morgan fingerprint density at radius 1 is 1.36 bits per heavy atom. The van der Waals surface area contributed by atoms with Gasteiger partial charge in [0.05, 0.1) is 7.11 Å². The maximum absolute atomic E-state index is 10.3. The quantitative estimate of drug-likeness (QED) is 0.848. The van der Waals surface area contributed by atoms with Crippen LogP contribution < -0.4 is 4.74 Å². The third-order valence-corrected chi connectivity index (χ3v) is 4.61. The molecule has 1 heterocycles. The van der Waals surface area contributed by atoms with E-state index in [1.165, 1.54) is 0 Å². The van der Waals surface area contributed by atoms with Crippen LogP contribution in [0.1, 0.15) is 38.7 Å². The second-order valence-corrected chi connectivity index (χ2v) is 7.04. The van der Waals surface area contributed by atoms with Gasteiger partial charge in [0, 0.05) is 30.7 Å². The molecule has 0 amide bonds. The lowest BCUT2D eigenvalue weighted by Gasteiger charge is -2.43. The van der Waals surface area contributed by atoms with Gasteiger partial charge in [-0.15, -0.1) is 0 Å². The maximum Gasteiger partial charge on any atom is 0.162 e. The van der Waals surface area contributed by atoms with Crippen LogP contribution in [0.5, 0.6) is 11.5 Å². The van der Waals surface area contributed by atoms with Crippen LogP contribution >= 0.6 is 0 Å². The second kappa shape index (κ2) is 7.34. The van der Waals surface area contributed by atoms with Crippen LogP contribution in [0.15, 0.2) is 18.2 Å². The van der Waals surface area contributed by atoms with Crippen molar-refractivity contribution < 1.29 is 14.9 Å². The molecule has 0 aliphatic carbocycles. The van der Waals surface area contributed by atoms with Gasteiger partial charge in [-0.25, -0.2) is 0 Å². The van der Waals surface area contributed by atoms with Gasteiger partial charge in [-0.2, -0.15) is 0 Å². The number of piperidine rings is 1. The molecular weight excluding hydrogens is 278 g/mol. The third kappa shape index (κ3) is 3.93. The molecule has 4 nitrogen and oxygen atoms in total. The summed E-state index contributed by atoms with van der Waals surface area (Å²) in [5.74, 6) is 1.33. The van der Waals surface area contributed by atoms with Gasteiger partial charge in [-0.3, -0.25) is 4.90 Å². The monoisotopic (exact) mass is 307 g/mol. The van der Waals surface area contributed by atoms with Gasteiger partial charge in [0.2, 0.25) is 0 Å². The van der Waals surface area contributed by atoms with Gasteiger partial charge >= 0.3 is 0 Å². The Kier molecular flexibility index (Phi) is 5.70. The van der Waals surface area contributed by atoms with Gasteiger partial charge in [0.1, 0.15) is 0 Å². The summed E-state index contributed by atoms with van der Waals surface area (Å²) >= 11 is 0. The number of aromatic hydroxyl groups is 1. The maximum atomic E-state index is 10.3. The Morgan fingerprint density at radius 2 is 2.14 bits per heavy atom. The molecule has 4 heteroatoms. The van der Waals surface area contributed by atoms with Gasteiger partial charge in [-0.1, -0.05) is 26.0 Å². The first-order chi connectivity index (χ1) is 10.5. The zero-order valence-electron chi connectivity index (χ0n) is 14.0. The molecule has 0 unspecified atom stereocenters. The lowest BCUT2D eigenvalue weighted by Crippen LogP contribution is -2.45. The number of likely N-dealkylation sites (tertiary alicyclic amines) is 1. The number of para-hydroxylation sites is 1. The van der Waals surface area contributed by atoms with Crippen LogP contribution in [-0.4, -0.2) is 41.9 Å². The number of hydrogen-bond donors (Lipinski definition) is 2. The average molecular weight is 307 g/mol. The summed E-state index contributed by atoms with van der Waals surface area (Å²) in [6.07, 6.45) is 3.23. The Hall–Kier alpha value is -1.26. The van der Waals surface area contributed by atoms with E-state index in [0.29, 0.717) is 18.2 Å². The van der Waals surface area contributed by atoms with Crippen LogP contribution in [0.25, 0.3) is 0 Å². The molecule has 1 fully saturated rings. The Morgan fingerprint density at radius 3 is 2.77 bits per heavy atom. The van der Waals surface area contributed by atoms with Crippen molar-refractivity contribution in [2.75, 3.05) is 26.8 Å². The van der Waals surface area contributed by atoms with Crippen LogP contribution in [0.4, 0.5) is 0 Å². The van der Waals surface area contributed by atoms with E-state index in [1.54, 1.807) is 13.2 Å². The van der Waals surface area contributed by atoms with Crippen LogP contribution in [-0.2, 0) is 6.54 Å². The van der Waals surface area contributed by atoms with Crippen LogP contribution in [0, 0.1) is 11.3 Å². The number of phenols is 1. The van der Waals surface area contributed by atoms with Gasteiger partial charge in [0.15, 0.2) is 11.5 Å². The summed E-state index contributed by atoms with van der Waals surface area (Å²) in [5.41, 5.74) is 0.888. The highest BCUT2D eigenvalue weighted by atomic mass is 16.5. The summed E-state index contributed by atoms with van der Waals surface area (Å²) in [4.78, 5) is 2.34. The normalized spacial score (nSPS) is 23.0. The number of methoxy groups -OCH3 is 1. The molecule has 0 spiro atoms. The summed E-state index contributed by atoms with van der Waals surface area (Å²) in [6, 6.07) is 5.62. The minimum absolute atomic E-state index is 0.000895. The fraction of sp³-hybridized carbons (Fsp3) is 0.667.